The van der Waals surface area contributed by atoms with Gasteiger partial charge in [0.25, 0.3) is 5.91 Å². The quantitative estimate of drug-likeness (QED) is 0.00954. The van der Waals surface area contributed by atoms with E-state index in [-0.39, 0.29) is 35.1 Å². The second-order valence-electron chi connectivity index (χ2n) is 32.6. The van der Waals surface area contributed by atoms with Crippen LogP contribution in [0.5, 0.6) is 5.75 Å². The van der Waals surface area contributed by atoms with Crippen molar-refractivity contribution in [3.8, 4) is 5.75 Å². The maximum Gasteiger partial charge on any atom is 1.00 e. The molecule has 16 unspecified atom stereocenters. The molecule has 133 heavy (non-hydrogen) atoms. The number of amides is 7. The van der Waals surface area contributed by atoms with Crippen LogP contribution in [-0.2, 0) is 110 Å². The first-order valence-electron chi connectivity index (χ1n) is 42.8. The van der Waals surface area contributed by atoms with Crippen molar-refractivity contribution in [3.63, 3.8) is 0 Å². The van der Waals surface area contributed by atoms with Gasteiger partial charge in [0, 0.05) is 47.1 Å². The number of aliphatic hydroxyl groups excluding tert-OH is 19. The number of nitrogens with one attached hydrogen (secondary N) is 7. The number of allylic oxidation sites excluding steroid dienone is 2. The van der Waals surface area contributed by atoms with Gasteiger partial charge in [-0.25, -0.2) is 8.42 Å². The fraction of sp³-hybridized carbons (Fsp3) is 0.808. The van der Waals surface area contributed by atoms with Crippen molar-refractivity contribution in [2.45, 2.75) is 339 Å². The van der Waals surface area contributed by atoms with Crippen molar-refractivity contribution in [2.75, 3.05) is 59.5 Å². The van der Waals surface area contributed by atoms with Crippen LogP contribution in [0.2, 0.25) is 0 Å². The zero-order chi connectivity index (χ0) is 97.6. The Hall–Kier alpha value is -5.44. The molecule has 8 saturated heterocycles. The Labute approximate surface area is 784 Å². The van der Waals surface area contributed by atoms with Crippen molar-refractivity contribution in [3.05, 3.63) is 42.0 Å². The molecule has 0 radical (unpaired) electrons. The molecule has 1 aromatic carbocycles. The molecule has 9 rings (SSSR count). The molecule has 7 amide bonds. The number of hydrogen-bond donors (Lipinski definition) is 27. The molecule has 53 nitrogen and oxygen atoms in total. The molecule has 756 valence electrons. The smallest absolute Gasteiger partial charge is 0.726 e. The van der Waals surface area contributed by atoms with E-state index in [1.807, 2.05) is 0 Å². The number of rotatable bonds is 40. The first kappa shape index (κ1) is 115. The van der Waals surface area contributed by atoms with Crippen LogP contribution in [0.25, 0.3) is 0 Å². The van der Waals surface area contributed by atoms with Gasteiger partial charge in [0.2, 0.25) is 45.8 Å². The molecular formula is C78H127N8NaO45S. The van der Waals surface area contributed by atoms with E-state index in [2.05, 4.69) is 60.5 Å². The summed E-state index contributed by atoms with van der Waals surface area (Å²) in [5.74, 6) is -4.94. The van der Waals surface area contributed by atoms with Crippen molar-refractivity contribution >= 4 is 51.7 Å². The van der Waals surface area contributed by atoms with Gasteiger partial charge in [-0.1, -0.05) is 44.4 Å². The van der Waals surface area contributed by atoms with E-state index >= 15 is 0 Å². The van der Waals surface area contributed by atoms with Crippen LogP contribution >= 0.6 is 0 Å². The van der Waals surface area contributed by atoms with Crippen LogP contribution in [0, 0.1) is 0 Å². The van der Waals surface area contributed by atoms with E-state index in [0.29, 0.717) is 12.4 Å². The predicted molar refractivity (Wildman–Crippen MR) is 432 cm³/mol. The SMILES string of the molecule is CC(=O)NC1C(O)[C@H](O[C@@H]2OC(CO)[C@@H](O)[C@H](O)C2N)[C@H](CO)O[C@H]1O[C@@H]1C(CO)O[C@@H](O[C@H]2C(O)C(NC(C)=O)[C@H](O)O[C@H]2COS(=O)(=O)[O-])C(NC(C)=O)[C@H]1O.CCCCCC/C=C\CCCOc1cccc(C(=O)NC2[C@H](O[C@H]3C(O)C(NC(C)=O)[C@H](O[C@@H]4C(CO)O[C@@H](O[C@H]5C(O)C(NC(C)=O)[C@H](O)O[C@H]5CO)C(NC(C)=O)[C@H]4O)O[C@H]3CO)OC(CO)[C@@H](O)[C@@H]2O)c1.[Na+]. The van der Waals surface area contributed by atoms with E-state index in [1.165, 1.54) is 31.4 Å². The van der Waals surface area contributed by atoms with Gasteiger partial charge in [-0.2, -0.15) is 0 Å². The monoisotopic (exact) mass is 1950 g/mol. The van der Waals surface area contributed by atoms with Gasteiger partial charge in [0.05, 0.1) is 65.5 Å². The molecule has 0 aromatic heterocycles. The molecular weight excluding hydrogens is 1820 g/mol. The van der Waals surface area contributed by atoms with Crippen LogP contribution in [0.15, 0.2) is 36.4 Å². The fourth-order valence-corrected chi connectivity index (χ4v) is 16.5. The minimum Gasteiger partial charge on any atom is -0.726 e. The molecule has 1 aromatic rings. The number of hydrogen-bond acceptors (Lipinski definition) is 46. The molecule has 8 heterocycles. The van der Waals surface area contributed by atoms with E-state index in [4.69, 9.17) is 76.8 Å². The van der Waals surface area contributed by atoms with Gasteiger partial charge in [0.1, 0.15) is 195 Å². The van der Waals surface area contributed by atoms with Crippen molar-refractivity contribution in [2.24, 2.45) is 5.73 Å². The molecule has 8 fully saturated rings. The second kappa shape index (κ2) is 53.8. The summed E-state index contributed by atoms with van der Waals surface area (Å²) in [5, 5.41) is 222. The minimum absolute atomic E-state index is 0. The maximum absolute atomic E-state index is 13.8. The second-order valence-corrected chi connectivity index (χ2v) is 33.7. The predicted octanol–water partition coefficient (Wildman–Crippen LogP) is -17.1. The van der Waals surface area contributed by atoms with Crippen molar-refractivity contribution in [1.29, 1.82) is 0 Å². The Balaban J connectivity index is 0.000000371. The van der Waals surface area contributed by atoms with Crippen LogP contribution in [0.3, 0.4) is 0 Å². The van der Waals surface area contributed by atoms with Gasteiger partial charge < -0.3 is 216 Å². The van der Waals surface area contributed by atoms with Gasteiger partial charge >= 0.3 is 29.6 Å². The normalized spacial score (nSPS) is 39.3. The summed E-state index contributed by atoms with van der Waals surface area (Å²) in [6.07, 6.45) is -44.3. The summed E-state index contributed by atoms with van der Waals surface area (Å²) in [6.45, 7) is 1.48. The molecule has 55 heteroatoms. The Kier molecular flexibility index (Phi) is 46.3. The number of nitrogens with two attached hydrogens (primary N) is 1. The molecule has 0 spiro atoms. The number of benzene rings is 1. The summed E-state index contributed by atoms with van der Waals surface area (Å²) in [7, 11) is -5.38. The zero-order valence-electron chi connectivity index (χ0n) is 74.0. The van der Waals surface area contributed by atoms with Crippen LogP contribution < -0.4 is 77.2 Å². The number of carbonyl (C=O) groups is 7. The molecule has 40 atom stereocenters. The summed E-state index contributed by atoms with van der Waals surface area (Å²) in [4.78, 5) is 87.4. The first-order chi connectivity index (χ1) is 62.5. The van der Waals surface area contributed by atoms with Gasteiger partial charge in [-0.05, 0) is 43.9 Å². The average Bonchev–Trinajstić information content (AvgIpc) is 0.766. The zero-order valence-corrected chi connectivity index (χ0v) is 76.8. The van der Waals surface area contributed by atoms with Gasteiger partial charge in [-0.3, -0.25) is 37.7 Å². The van der Waals surface area contributed by atoms with E-state index in [1.54, 1.807) is 12.1 Å². The number of ether oxygens (including phenoxy) is 15. The molecule has 0 bridgehead atoms. The Morgan fingerprint density at radius 1 is 0.383 bits per heavy atom. The van der Waals surface area contributed by atoms with Crippen molar-refractivity contribution < 1.29 is 248 Å². The van der Waals surface area contributed by atoms with Gasteiger partial charge in [-0.15, -0.1) is 0 Å². The summed E-state index contributed by atoms with van der Waals surface area (Å²) >= 11 is 0. The summed E-state index contributed by atoms with van der Waals surface area (Å²) in [5.41, 5.74) is 6.05. The third-order valence-electron chi connectivity index (χ3n) is 22.7. The Morgan fingerprint density at radius 2 is 0.684 bits per heavy atom. The van der Waals surface area contributed by atoms with E-state index in [0.717, 1.165) is 67.2 Å². The fourth-order valence-electron chi connectivity index (χ4n) is 16.2. The topological polar surface area (TPSA) is 819 Å². The minimum atomic E-state index is -5.38. The Morgan fingerprint density at radius 3 is 1.04 bits per heavy atom. The Bertz CT molecular complexity index is 3950. The molecule has 8 aliphatic heterocycles. The summed E-state index contributed by atoms with van der Waals surface area (Å²) in [6, 6.07) is -6.64. The largest absolute Gasteiger partial charge is 1.00 e. The number of unbranched alkanes of at least 4 members (excludes halogenated alkanes) is 5. The van der Waals surface area contributed by atoms with Crippen LogP contribution in [0.1, 0.15) is 104 Å². The molecule has 0 aliphatic carbocycles. The average molecular weight is 1950 g/mol. The van der Waals surface area contributed by atoms with Gasteiger partial charge in [0.15, 0.2) is 50.3 Å². The third-order valence-corrected chi connectivity index (χ3v) is 23.1. The molecule has 0 saturated carbocycles. The standard InChI is InChI=1S/C48H76N4O22.C30H52N4O23S.Na/c1-5-6-7-8-9-10-11-12-13-17-67-27-16-14-15-26(18-27)44(65)52-33-37(61)36(60)28(19-53)69-46(33)73-42-30(21-55)71-48(35(39(42)63)51-25(4)59)74-43-31(22-56)70-47(34(40(43)64)50-24(3)58)72-41-29(20-54)68-45(66)32(38(41)62)49-23(2)57;1-8(38)32-16-21(43)26(14(51-27(16)46)7-50-58(47,48)49)57-30-18(34-10(3)40)23(45)25(13(6-37)54-30)56-29-17(33-9(2)39)22(44)24(12(5-36)53-29)55-28-15(31)20(42)19(41)11(4-35)52-28;/h10-11,14-16,18,28-43,45-48,53-56,60-64,66H,5-9,12-13,17,19-22H2,1-4H3,(H,49,57)(H,50,58)(H,51,59)(H,52,65);11-30,35-37,41-46H,4-7,31H2,1-3H3,(H,32,38)(H,33,39)(H,34,40)(H,47,48,49);/q;;+1/p-1/b11-10-;;/t28?,29-,30-,31?,32?,33?,34?,35?,36+,37+,38?,39?,40+,41+,42+,43+,45+,46-,47-,48-;11?,12-,13?,14-,15?,16?,17?,18?,19+,20+,21?,22?,23+,24+,25+,26+,27+,28-,29-,30-;/m00./s1. The van der Waals surface area contributed by atoms with Crippen LogP contribution in [0.4, 0.5) is 0 Å². The number of aliphatic hydroxyl groups is 19. The summed E-state index contributed by atoms with van der Waals surface area (Å²) < 4.78 is 125. The number of carbonyl (C=O) groups excluding carboxylic acids is 7. The van der Waals surface area contributed by atoms with Crippen molar-refractivity contribution in [1.82, 2.24) is 37.2 Å². The van der Waals surface area contributed by atoms with E-state index < -0.39 is 350 Å². The van der Waals surface area contributed by atoms with Crippen LogP contribution in [-0.4, -0.2) is 456 Å². The molecule has 8 aliphatic rings. The third kappa shape index (κ3) is 30.8. The maximum atomic E-state index is 13.8. The van der Waals surface area contributed by atoms with E-state index in [9.17, 15) is 144 Å². The molecule has 28 N–H and O–H groups in total. The first-order valence-corrected chi connectivity index (χ1v) is 44.1.